The van der Waals surface area contributed by atoms with Gasteiger partial charge in [0.1, 0.15) is 0 Å². The number of hydrogen-bond acceptors (Lipinski definition) is 1. The summed E-state index contributed by atoms with van der Waals surface area (Å²) in [5.74, 6) is -1.24. The van der Waals surface area contributed by atoms with Gasteiger partial charge in [-0.05, 0) is 18.1 Å². The quantitative estimate of drug-likeness (QED) is 0.269. The maximum absolute atomic E-state index is 11.6. The molecule has 2 nitrogen and oxygen atoms in total. The molecule has 27 heavy (non-hydrogen) atoms. The molecule has 1 unspecified atom stereocenters. The highest BCUT2D eigenvalue weighted by Gasteiger charge is 2.21. The Morgan fingerprint density at radius 2 is 1.26 bits per heavy atom. The van der Waals surface area contributed by atoms with Crippen molar-refractivity contribution < 1.29 is 9.90 Å². The molecule has 0 heterocycles. The highest BCUT2D eigenvalue weighted by atomic mass is 35.5. The third-order valence-electron chi connectivity index (χ3n) is 5.43. The summed E-state index contributed by atoms with van der Waals surface area (Å²) in [6.45, 7) is 2.27. The van der Waals surface area contributed by atoms with Crippen LogP contribution >= 0.6 is 11.6 Å². The van der Waals surface area contributed by atoms with Gasteiger partial charge in [-0.3, -0.25) is 4.79 Å². The molecular weight excluding hydrogens is 356 g/mol. The van der Waals surface area contributed by atoms with Gasteiger partial charge in [0, 0.05) is 5.02 Å². The number of halogens is 1. The lowest BCUT2D eigenvalue weighted by Crippen LogP contribution is -2.12. The number of carboxylic acids is 1. The Kier molecular flexibility index (Phi) is 14.2. The van der Waals surface area contributed by atoms with E-state index in [-0.39, 0.29) is 0 Å². The van der Waals surface area contributed by atoms with Crippen LogP contribution in [0.25, 0.3) is 0 Å². The number of carbonyl (C=O) groups is 1. The monoisotopic (exact) mass is 394 g/mol. The van der Waals surface area contributed by atoms with Crippen molar-refractivity contribution in [1.29, 1.82) is 0 Å². The molecule has 0 fully saturated rings. The molecule has 0 aromatic heterocycles. The zero-order chi connectivity index (χ0) is 19.7. The minimum Gasteiger partial charge on any atom is -0.481 e. The lowest BCUT2D eigenvalue weighted by Gasteiger charge is -2.14. The molecule has 1 rings (SSSR count). The topological polar surface area (TPSA) is 37.3 Å². The summed E-state index contributed by atoms with van der Waals surface area (Å²) in [5, 5.41) is 10.1. The normalized spacial score (nSPS) is 12.2. The molecule has 0 aliphatic heterocycles. The first-order chi connectivity index (χ1) is 13.2. The van der Waals surface area contributed by atoms with Crippen LogP contribution in [0.1, 0.15) is 115 Å². The van der Waals surface area contributed by atoms with Gasteiger partial charge >= 0.3 is 5.97 Å². The van der Waals surface area contributed by atoms with E-state index in [0.717, 1.165) is 18.4 Å². The Morgan fingerprint density at radius 1 is 0.815 bits per heavy atom. The van der Waals surface area contributed by atoms with Crippen LogP contribution in [0.5, 0.6) is 0 Å². The summed E-state index contributed by atoms with van der Waals surface area (Å²) in [6, 6.07) is 7.32. The number of benzene rings is 1. The second-order valence-corrected chi connectivity index (χ2v) is 8.20. The fourth-order valence-corrected chi connectivity index (χ4v) is 3.98. The Hall–Kier alpha value is -1.02. The van der Waals surface area contributed by atoms with Crippen LogP contribution < -0.4 is 0 Å². The van der Waals surface area contributed by atoms with Crippen molar-refractivity contribution >= 4 is 17.6 Å². The predicted octanol–water partition coefficient (Wildman–Crippen LogP) is 8.38. The number of rotatable bonds is 17. The minimum absolute atomic E-state index is 0.476. The third kappa shape index (κ3) is 11.4. The fourth-order valence-electron chi connectivity index (χ4n) is 3.71. The average Bonchev–Trinajstić information content (AvgIpc) is 2.65. The molecule has 1 atom stereocenters. The molecule has 1 aromatic rings. The molecule has 0 spiro atoms. The van der Waals surface area contributed by atoms with Crippen LogP contribution in [0.4, 0.5) is 0 Å². The van der Waals surface area contributed by atoms with E-state index in [9.17, 15) is 9.90 Å². The van der Waals surface area contributed by atoms with Crippen molar-refractivity contribution in [3.63, 3.8) is 0 Å². The van der Waals surface area contributed by atoms with E-state index in [1.54, 1.807) is 6.07 Å². The highest BCUT2D eigenvalue weighted by Crippen LogP contribution is 2.29. The van der Waals surface area contributed by atoms with Crippen molar-refractivity contribution in [2.75, 3.05) is 0 Å². The smallest absolute Gasteiger partial charge is 0.311 e. The van der Waals surface area contributed by atoms with Gasteiger partial charge in [-0.25, -0.2) is 0 Å². The van der Waals surface area contributed by atoms with Crippen molar-refractivity contribution in [3.05, 3.63) is 34.9 Å². The van der Waals surface area contributed by atoms with Crippen molar-refractivity contribution in [1.82, 2.24) is 0 Å². The van der Waals surface area contributed by atoms with Crippen LogP contribution in [-0.4, -0.2) is 11.1 Å². The van der Waals surface area contributed by atoms with Crippen LogP contribution in [-0.2, 0) is 4.79 Å². The predicted molar refractivity (Wildman–Crippen MR) is 117 cm³/mol. The molecule has 3 heteroatoms. The molecule has 0 aliphatic rings. The van der Waals surface area contributed by atoms with E-state index in [1.807, 2.05) is 18.2 Å². The first kappa shape index (κ1) is 24.0. The average molecular weight is 395 g/mol. The van der Waals surface area contributed by atoms with Crippen LogP contribution in [0.3, 0.4) is 0 Å². The van der Waals surface area contributed by atoms with Gasteiger partial charge in [0.05, 0.1) is 5.92 Å². The van der Waals surface area contributed by atoms with Gasteiger partial charge in [0.2, 0.25) is 0 Å². The van der Waals surface area contributed by atoms with Gasteiger partial charge in [0.25, 0.3) is 0 Å². The first-order valence-corrected chi connectivity index (χ1v) is 11.5. The highest BCUT2D eigenvalue weighted by molar-refractivity contribution is 6.31. The summed E-state index contributed by atoms with van der Waals surface area (Å²) in [7, 11) is 0. The molecule has 0 radical (unpaired) electrons. The molecule has 154 valence electrons. The third-order valence-corrected chi connectivity index (χ3v) is 5.77. The molecule has 0 saturated heterocycles. The van der Waals surface area contributed by atoms with Gasteiger partial charge in [0.15, 0.2) is 0 Å². The Morgan fingerprint density at radius 3 is 1.70 bits per heavy atom. The molecule has 0 amide bonds. The van der Waals surface area contributed by atoms with Crippen molar-refractivity contribution in [2.24, 2.45) is 0 Å². The summed E-state index contributed by atoms with van der Waals surface area (Å²) < 4.78 is 0. The maximum Gasteiger partial charge on any atom is 0.311 e. The van der Waals surface area contributed by atoms with E-state index < -0.39 is 11.9 Å². The fraction of sp³-hybridized carbons (Fsp3) is 0.708. The Labute approximate surface area is 171 Å². The SMILES string of the molecule is CCCCCCCCCCCCCCCCC(C(=O)O)c1ccccc1Cl. The van der Waals surface area contributed by atoms with E-state index in [4.69, 9.17) is 11.6 Å². The first-order valence-electron chi connectivity index (χ1n) is 11.1. The van der Waals surface area contributed by atoms with Gasteiger partial charge < -0.3 is 5.11 Å². The number of hydrogen-bond donors (Lipinski definition) is 1. The van der Waals surface area contributed by atoms with Crippen LogP contribution in [0.2, 0.25) is 5.02 Å². The standard InChI is InChI=1S/C24H39ClO2/c1-2-3-4-5-6-7-8-9-10-11-12-13-14-15-19-22(24(26)27)21-18-16-17-20-23(21)25/h16-18,20,22H,2-15,19H2,1H3,(H,26,27). The van der Waals surface area contributed by atoms with Crippen LogP contribution in [0, 0.1) is 0 Å². The lowest BCUT2D eigenvalue weighted by atomic mass is 9.93. The number of aliphatic carboxylic acids is 1. The second-order valence-electron chi connectivity index (χ2n) is 7.80. The summed E-state index contributed by atoms with van der Waals surface area (Å²) in [5.41, 5.74) is 0.751. The van der Waals surface area contributed by atoms with E-state index >= 15 is 0 Å². The maximum atomic E-state index is 11.6. The summed E-state index contributed by atoms with van der Waals surface area (Å²) in [4.78, 5) is 11.6. The zero-order valence-electron chi connectivity index (χ0n) is 17.2. The molecule has 0 bridgehead atoms. The van der Waals surface area contributed by atoms with Crippen LogP contribution in [0.15, 0.2) is 24.3 Å². The Bertz CT molecular complexity index is 501. The second kappa shape index (κ2) is 16.0. The van der Waals surface area contributed by atoms with Gasteiger partial charge in [-0.2, -0.15) is 0 Å². The van der Waals surface area contributed by atoms with E-state index in [0.29, 0.717) is 11.4 Å². The minimum atomic E-state index is -0.766. The largest absolute Gasteiger partial charge is 0.481 e. The summed E-state index contributed by atoms with van der Waals surface area (Å²) in [6.07, 6.45) is 19.1. The van der Waals surface area contributed by atoms with Crippen molar-refractivity contribution in [3.8, 4) is 0 Å². The summed E-state index contributed by atoms with van der Waals surface area (Å²) >= 11 is 6.16. The van der Waals surface area contributed by atoms with E-state index in [1.165, 1.54) is 77.0 Å². The van der Waals surface area contributed by atoms with Crippen molar-refractivity contribution in [2.45, 2.75) is 109 Å². The molecule has 1 N–H and O–H groups in total. The lowest BCUT2D eigenvalue weighted by molar-refractivity contribution is -0.139. The molecule has 0 saturated carbocycles. The van der Waals surface area contributed by atoms with E-state index in [2.05, 4.69) is 6.92 Å². The zero-order valence-corrected chi connectivity index (χ0v) is 18.0. The van der Waals surface area contributed by atoms with Gasteiger partial charge in [-0.1, -0.05) is 127 Å². The molecule has 0 aliphatic carbocycles. The Balaban J connectivity index is 2.00. The molecular formula is C24H39ClO2. The number of carboxylic acid groups (broad SMARTS) is 1. The van der Waals surface area contributed by atoms with Gasteiger partial charge in [-0.15, -0.1) is 0 Å². The molecule has 1 aromatic carbocycles. The number of unbranched alkanes of at least 4 members (excludes halogenated alkanes) is 13.